The predicted octanol–water partition coefficient (Wildman–Crippen LogP) is 2.07. The fraction of sp³-hybridized carbons (Fsp3) is 0.308. The quantitative estimate of drug-likeness (QED) is 0.448. The molecule has 7 nitrogen and oxygen atoms in total. The molecule has 0 bridgehead atoms. The number of rotatable bonds is 8. The summed E-state index contributed by atoms with van der Waals surface area (Å²) in [6, 6.07) is 1.57. The van der Waals surface area contributed by atoms with Gasteiger partial charge in [0.15, 0.2) is 5.82 Å². The average Bonchev–Trinajstić information content (AvgIpc) is 2.43. The Morgan fingerprint density at radius 1 is 1.62 bits per heavy atom. The molecule has 0 fully saturated rings. The Kier molecular flexibility index (Phi) is 5.79. The second-order valence-electron chi connectivity index (χ2n) is 4.11. The van der Waals surface area contributed by atoms with Crippen LogP contribution in [0.3, 0.4) is 0 Å². The number of carboxylic acid groups (broad SMARTS) is 1. The predicted molar refractivity (Wildman–Crippen MR) is 74.3 cm³/mol. The van der Waals surface area contributed by atoms with E-state index in [-0.39, 0.29) is 25.4 Å². The van der Waals surface area contributed by atoms with E-state index < -0.39 is 28.0 Å². The van der Waals surface area contributed by atoms with Crippen LogP contribution < -0.4 is 4.90 Å². The summed E-state index contributed by atoms with van der Waals surface area (Å²) < 4.78 is 18.9. The van der Waals surface area contributed by atoms with E-state index in [9.17, 15) is 19.3 Å². The first-order valence-electron chi connectivity index (χ1n) is 5.98. The fourth-order valence-electron chi connectivity index (χ4n) is 1.78. The fourth-order valence-corrected chi connectivity index (χ4v) is 1.78. The third kappa shape index (κ3) is 3.99. The highest BCUT2D eigenvalue weighted by Gasteiger charge is 2.25. The molecule has 0 heterocycles. The van der Waals surface area contributed by atoms with Gasteiger partial charge in [-0.1, -0.05) is 6.08 Å². The number of methoxy groups -OCH3 is 1. The number of carbonyl (C=O) groups is 1. The molecule has 0 aliphatic rings. The van der Waals surface area contributed by atoms with Gasteiger partial charge in [0.05, 0.1) is 23.3 Å². The Morgan fingerprint density at radius 2 is 2.29 bits per heavy atom. The van der Waals surface area contributed by atoms with Gasteiger partial charge in [-0.25, -0.2) is 9.18 Å². The largest absolute Gasteiger partial charge is 0.477 e. The van der Waals surface area contributed by atoms with Gasteiger partial charge in [-0.3, -0.25) is 10.1 Å². The van der Waals surface area contributed by atoms with E-state index in [1.54, 1.807) is 0 Å². The van der Waals surface area contributed by atoms with Crippen molar-refractivity contribution < 1.29 is 24.0 Å². The van der Waals surface area contributed by atoms with E-state index in [1.165, 1.54) is 18.1 Å². The van der Waals surface area contributed by atoms with E-state index in [1.807, 2.05) is 0 Å². The van der Waals surface area contributed by atoms with Crippen LogP contribution in [0.5, 0.6) is 0 Å². The minimum atomic E-state index is -1.49. The van der Waals surface area contributed by atoms with Gasteiger partial charge in [0.1, 0.15) is 5.56 Å². The summed E-state index contributed by atoms with van der Waals surface area (Å²) in [4.78, 5) is 22.4. The van der Waals surface area contributed by atoms with E-state index in [0.29, 0.717) is 6.07 Å². The van der Waals surface area contributed by atoms with Gasteiger partial charge >= 0.3 is 5.97 Å². The smallest absolute Gasteiger partial charge is 0.342 e. The maximum absolute atomic E-state index is 14.0. The molecule has 0 radical (unpaired) electrons. The van der Waals surface area contributed by atoms with Gasteiger partial charge < -0.3 is 14.7 Å². The first-order valence-corrected chi connectivity index (χ1v) is 5.98. The lowest BCUT2D eigenvalue weighted by Crippen LogP contribution is -2.28. The molecular weight excluding hydrogens is 283 g/mol. The molecule has 1 aromatic carbocycles. The van der Waals surface area contributed by atoms with Gasteiger partial charge in [-0.2, -0.15) is 0 Å². The Labute approximate surface area is 120 Å². The Bertz CT molecular complexity index is 562. The van der Waals surface area contributed by atoms with Crippen LogP contribution >= 0.6 is 0 Å². The van der Waals surface area contributed by atoms with Crippen LogP contribution in [0.1, 0.15) is 10.4 Å². The van der Waals surface area contributed by atoms with Crippen LogP contribution in [0.15, 0.2) is 24.8 Å². The van der Waals surface area contributed by atoms with E-state index in [2.05, 4.69) is 6.58 Å². The number of benzene rings is 1. The van der Waals surface area contributed by atoms with E-state index >= 15 is 0 Å². The number of nitro benzene ring substituents is 1. The SMILES string of the molecule is C=CCN(CCOC)c1cc(C(=O)O)c([N+](=O)[O-])cc1F. The lowest BCUT2D eigenvalue weighted by Gasteiger charge is -2.23. The molecular formula is C13H15FN2O5. The van der Waals surface area contributed by atoms with Gasteiger partial charge in [0.2, 0.25) is 0 Å². The van der Waals surface area contributed by atoms with Crippen molar-refractivity contribution in [3.05, 3.63) is 46.3 Å². The maximum atomic E-state index is 14.0. The van der Waals surface area contributed by atoms with E-state index in [4.69, 9.17) is 9.84 Å². The molecule has 0 aliphatic carbocycles. The number of nitrogens with zero attached hydrogens (tertiary/aromatic N) is 2. The van der Waals surface area contributed by atoms with Crippen LogP contribution in [0.25, 0.3) is 0 Å². The van der Waals surface area contributed by atoms with Crippen LogP contribution in [-0.2, 0) is 4.74 Å². The number of hydrogen-bond donors (Lipinski definition) is 1. The average molecular weight is 298 g/mol. The van der Waals surface area contributed by atoms with Gasteiger partial charge in [-0.05, 0) is 6.07 Å². The highest BCUT2D eigenvalue weighted by atomic mass is 19.1. The van der Waals surface area contributed by atoms with Crippen LogP contribution in [-0.4, -0.2) is 42.8 Å². The number of carboxylic acids is 1. The molecule has 0 saturated heterocycles. The standard InChI is InChI=1S/C13H15FN2O5/c1-3-4-15(5-6-21-2)12-7-9(13(17)18)11(16(19)20)8-10(12)14/h3,7-8H,1,4-6H2,2H3,(H,17,18). The van der Waals surface area contributed by atoms with Gasteiger partial charge in [0, 0.05) is 20.2 Å². The first-order chi connectivity index (χ1) is 9.92. The Hall–Kier alpha value is -2.48. The zero-order valence-electron chi connectivity index (χ0n) is 11.4. The molecule has 1 rings (SSSR count). The summed E-state index contributed by atoms with van der Waals surface area (Å²) in [5, 5.41) is 19.8. The summed E-state index contributed by atoms with van der Waals surface area (Å²) in [6.45, 7) is 4.36. The monoisotopic (exact) mass is 298 g/mol. The van der Waals surface area contributed by atoms with Crippen LogP contribution in [0.4, 0.5) is 15.8 Å². The molecule has 0 amide bonds. The third-order valence-corrected chi connectivity index (χ3v) is 2.75. The van der Waals surface area contributed by atoms with Crippen molar-refractivity contribution in [1.29, 1.82) is 0 Å². The zero-order valence-corrected chi connectivity index (χ0v) is 11.4. The van der Waals surface area contributed by atoms with Crippen molar-refractivity contribution in [3.8, 4) is 0 Å². The van der Waals surface area contributed by atoms with Crippen molar-refractivity contribution >= 4 is 17.3 Å². The summed E-state index contributed by atoms with van der Waals surface area (Å²) in [5.41, 5.74) is -1.40. The van der Waals surface area contributed by atoms with Crippen molar-refractivity contribution in [2.24, 2.45) is 0 Å². The molecule has 0 spiro atoms. The first kappa shape index (κ1) is 16.6. The maximum Gasteiger partial charge on any atom is 0.342 e. The molecule has 114 valence electrons. The minimum absolute atomic E-state index is 0.0463. The number of nitro groups is 1. The highest BCUT2D eigenvalue weighted by Crippen LogP contribution is 2.28. The topological polar surface area (TPSA) is 92.9 Å². The Balaban J connectivity index is 3.33. The summed E-state index contributed by atoms with van der Waals surface area (Å²) in [6.07, 6.45) is 1.51. The second-order valence-corrected chi connectivity index (χ2v) is 4.11. The number of anilines is 1. The summed E-state index contributed by atoms with van der Waals surface area (Å²) in [5.74, 6) is -2.36. The van der Waals surface area contributed by atoms with Crippen LogP contribution in [0, 0.1) is 15.9 Å². The molecule has 0 unspecified atom stereocenters. The molecule has 1 N–H and O–H groups in total. The summed E-state index contributed by atoms with van der Waals surface area (Å²) in [7, 11) is 1.47. The molecule has 0 aliphatic heterocycles. The van der Waals surface area contributed by atoms with Crippen LogP contribution in [0.2, 0.25) is 0 Å². The third-order valence-electron chi connectivity index (χ3n) is 2.75. The Morgan fingerprint density at radius 3 is 2.76 bits per heavy atom. The van der Waals surface area contributed by atoms with Gasteiger partial charge in [-0.15, -0.1) is 6.58 Å². The molecule has 8 heteroatoms. The van der Waals surface area contributed by atoms with Crippen molar-refractivity contribution in [2.45, 2.75) is 0 Å². The van der Waals surface area contributed by atoms with Crippen molar-refractivity contribution in [3.63, 3.8) is 0 Å². The van der Waals surface area contributed by atoms with Crippen molar-refractivity contribution in [1.82, 2.24) is 0 Å². The lowest BCUT2D eigenvalue weighted by molar-refractivity contribution is -0.385. The number of ether oxygens (including phenoxy) is 1. The number of aromatic carboxylic acids is 1. The second kappa shape index (κ2) is 7.34. The normalized spacial score (nSPS) is 10.2. The summed E-state index contributed by atoms with van der Waals surface area (Å²) >= 11 is 0. The number of hydrogen-bond acceptors (Lipinski definition) is 5. The van der Waals surface area contributed by atoms with Crippen molar-refractivity contribution in [2.75, 3.05) is 31.7 Å². The molecule has 21 heavy (non-hydrogen) atoms. The molecule has 0 saturated carbocycles. The molecule has 0 atom stereocenters. The molecule has 0 aromatic heterocycles. The highest BCUT2D eigenvalue weighted by molar-refractivity contribution is 5.93. The van der Waals surface area contributed by atoms with E-state index in [0.717, 1.165) is 6.07 Å². The van der Waals surface area contributed by atoms with Gasteiger partial charge in [0.25, 0.3) is 5.69 Å². The lowest BCUT2D eigenvalue weighted by atomic mass is 10.1. The molecule has 1 aromatic rings. The number of halogens is 1. The minimum Gasteiger partial charge on any atom is -0.477 e. The zero-order chi connectivity index (χ0) is 16.0.